The standard InChI is InChI=1S/C19H14F4N2O3/c1-25-17(27)24-15(11-7-9-13(20)10-8-11)14(18(25,28)19(21,22)23)16(26)12-5-3-2-4-6-12/h2-10,28H,1H3,(H,24,27). The number of carbonyl (C=O) groups excluding carboxylic acids is 2. The first kappa shape index (κ1) is 19.6. The van der Waals surface area contributed by atoms with Crippen molar-refractivity contribution in [3.05, 3.63) is 77.1 Å². The average Bonchev–Trinajstić information content (AvgIpc) is 2.66. The monoisotopic (exact) mass is 394 g/mol. The van der Waals surface area contributed by atoms with Gasteiger partial charge in [0.25, 0.3) is 5.72 Å². The minimum absolute atomic E-state index is 0.0101. The molecule has 1 atom stereocenters. The number of urea groups is 1. The molecule has 0 radical (unpaired) electrons. The second-order valence-corrected chi connectivity index (χ2v) is 6.11. The molecule has 1 heterocycles. The second kappa shape index (κ2) is 6.75. The number of carbonyl (C=O) groups is 2. The summed E-state index contributed by atoms with van der Waals surface area (Å²) in [6.07, 6.45) is -5.38. The van der Waals surface area contributed by atoms with Crippen molar-refractivity contribution in [3.8, 4) is 0 Å². The number of rotatable bonds is 3. The van der Waals surface area contributed by atoms with E-state index in [1.165, 1.54) is 24.3 Å². The quantitative estimate of drug-likeness (QED) is 0.620. The molecule has 0 aromatic heterocycles. The number of aliphatic hydroxyl groups is 1. The van der Waals surface area contributed by atoms with E-state index in [1.54, 1.807) is 6.07 Å². The average molecular weight is 394 g/mol. The van der Waals surface area contributed by atoms with E-state index >= 15 is 0 Å². The molecule has 146 valence electrons. The third-order valence-corrected chi connectivity index (χ3v) is 4.41. The van der Waals surface area contributed by atoms with Crippen LogP contribution in [0.4, 0.5) is 22.4 Å². The van der Waals surface area contributed by atoms with Crippen molar-refractivity contribution in [3.63, 3.8) is 0 Å². The fourth-order valence-corrected chi connectivity index (χ4v) is 2.91. The number of alkyl halides is 3. The summed E-state index contributed by atoms with van der Waals surface area (Å²) in [6.45, 7) is 0. The molecular weight excluding hydrogens is 380 g/mol. The molecule has 0 saturated heterocycles. The Morgan fingerprint density at radius 2 is 1.64 bits per heavy atom. The predicted octanol–water partition coefficient (Wildman–Crippen LogP) is 3.33. The SMILES string of the molecule is CN1C(=O)NC(c2ccc(F)cc2)=C(C(=O)c2ccccc2)C1(O)C(F)(F)F. The maximum Gasteiger partial charge on any atom is 0.441 e. The summed E-state index contributed by atoms with van der Waals surface area (Å²) in [5, 5.41) is 12.8. The molecule has 2 aromatic carbocycles. The van der Waals surface area contributed by atoms with Crippen LogP contribution < -0.4 is 5.32 Å². The summed E-state index contributed by atoms with van der Waals surface area (Å²) in [4.78, 5) is 25.2. The van der Waals surface area contributed by atoms with Gasteiger partial charge in [0, 0.05) is 12.6 Å². The third kappa shape index (κ3) is 3.03. The van der Waals surface area contributed by atoms with Crippen LogP contribution in [0.15, 0.2) is 60.2 Å². The highest BCUT2D eigenvalue weighted by Gasteiger charge is 2.65. The van der Waals surface area contributed by atoms with Gasteiger partial charge in [-0.05, 0) is 29.8 Å². The molecule has 28 heavy (non-hydrogen) atoms. The Balaban J connectivity index is 2.35. The Hall–Kier alpha value is -3.20. The zero-order valence-electron chi connectivity index (χ0n) is 14.4. The largest absolute Gasteiger partial charge is 0.441 e. The van der Waals surface area contributed by atoms with Crippen molar-refractivity contribution in [2.45, 2.75) is 11.9 Å². The third-order valence-electron chi connectivity index (χ3n) is 4.41. The molecule has 3 rings (SSSR count). The van der Waals surface area contributed by atoms with Crippen molar-refractivity contribution in [2.75, 3.05) is 7.05 Å². The number of hydrogen-bond acceptors (Lipinski definition) is 3. The van der Waals surface area contributed by atoms with Gasteiger partial charge in [-0.2, -0.15) is 13.2 Å². The van der Waals surface area contributed by atoms with Gasteiger partial charge in [-0.1, -0.05) is 30.3 Å². The fourth-order valence-electron chi connectivity index (χ4n) is 2.91. The molecule has 0 saturated carbocycles. The molecule has 2 amide bonds. The van der Waals surface area contributed by atoms with Crippen LogP contribution in [-0.4, -0.2) is 40.8 Å². The normalized spacial score (nSPS) is 20.2. The Labute approximate surface area is 156 Å². The number of nitrogens with zero attached hydrogens (tertiary/aromatic N) is 1. The zero-order valence-corrected chi connectivity index (χ0v) is 14.4. The topological polar surface area (TPSA) is 69.6 Å². The first-order chi connectivity index (χ1) is 13.1. The van der Waals surface area contributed by atoms with E-state index in [1.807, 2.05) is 0 Å². The van der Waals surface area contributed by atoms with E-state index in [-0.39, 0.29) is 16.0 Å². The van der Waals surface area contributed by atoms with Crippen LogP contribution in [0.5, 0.6) is 0 Å². The number of amides is 2. The number of benzene rings is 2. The number of ketones is 1. The molecule has 0 spiro atoms. The van der Waals surface area contributed by atoms with Gasteiger partial charge in [0.15, 0.2) is 5.78 Å². The number of likely N-dealkylation sites (N-methyl/N-ethyl adjacent to an activating group) is 1. The van der Waals surface area contributed by atoms with Crippen molar-refractivity contribution in [2.24, 2.45) is 0 Å². The van der Waals surface area contributed by atoms with Gasteiger partial charge in [0.1, 0.15) is 5.82 Å². The van der Waals surface area contributed by atoms with Crippen LogP contribution in [-0.2, 0) is 0 Å². The molecule has 1 unspecified atom stereocenters. The minimum Gasteiger partial charge on any atom is -0.360 e. The number of nitrogens with one attached hydrogen (secondary N) is 1. The first-order valence-electron chi connectivity index (χ1n) is 8.01. The van der Waals surface area contributed by atoms with E-state index in [2.05, 4.69) is 5.32 Å². The smallest absolute Gasteiger partial charge is 0.360 e. The van der Waals surface area contributed by atoms with Gasteiger partial charge in [-0.3, -0.25) is 9.69 Å². The van der Waals surface area contributed by atoms with Crippen LogP contribution in [0.3, 0.4) is 0 Å². The summed E-state index contributed by atoms with van der Waals surface area (Å²) >= 11 is 0. The van der Waals surface area contributed by atoms with E-state index in [9.17, 15) is 32.3 Å². The number of Topliss-reactive ketones (excluding diaryl/α,β-unsaturated/α-hetero) is 1. The fraction of sp³-hybridized carbons (Fsp3) is 0.158. The van der Waals surface area contributed by atoms with Crippen LogP contribution in [0.1, 0.15) is 15.9 Å². The Morgan fingerprint density at radius 3 is 2.18 bits per heavy atom. The molecule has 0 bridgehead atoms. The van der Waals surface area contributed by atoms with Gasteiger partial charge < -0.3 is 10.4 Å². The van der Waals surface area contributed by atoms with Crippen LogP contribution in [0.2, 0.25) is 0 Å². The highest BCUT2D eigenvalue weighted by molar-refractivity contribution is 6.16. The predicted molar refractivity (Wildman–Crippen MR) is 91.4 cm³/mol. The summed E-state index contributed by atoms with van der Waals surface area (Å²) in [7, 11) is 0.725. The van der Waals surface area contributed by atoms with Crippen molar-refractivity contribution in [1.29, 1.82) is 0 Å². The maximum atomic E-state index is 13.9. The molecule has 0 fully saturated rings. The molecule has 1 aliphatic heterocycles. The zero-order chi connectivity index (χ0) is 20.7. The lowest BCUT2D eigenvalue weighted by Gasteiger charge is -2.43. The lowest BCUT2D eigenvalue weighted by atomic mass is 9.87. The van der Waals surface area contributed by atoms with Gasteiger partial charge in [-0.25, -0.2) is 9.18 Å². The van der Waals surface area contributed by atoms with Gasteiger partial charge in [-0.15, -0.1) is 0 Å². The molecular formula is C19H14F4N2O3. The minimum atomic E-state index is -5.38. The van der Waals surface area contributed by atoms with Crippen LogP contribution in [0, 0.1) is 5.82 Å². The second-order valence-electron chi connectivity index (χ2n) is 6.11. The van der Waals surface area contributed by atoms with E-state index in [0.29, 0.717) is 0 Å². The Morgan fingerprint density at radius 1 is 1.07 bits per heavy atom. The van der Waals surface area contributed by atoms with Crippen molar-refractivity contribution in [1.82, 2.24) is 10.2 Å². The molecule has 2 aromatic rings. The molecule has 9 heteroatoms. The summed E-state index contributed by atoms with van der Waals surface area (Å²) < 4.78 is 55.0. The Bertz CT molecular complexity index is 955. The van der Waals surface area contributed by atoms with Crippen molar-refractivity contribution >= 4 is 17.5 Å². The van der Waals surface area contributed by atoms with Crippen LogP contribution >= 0.6 is 0 Å². The molecule has 2 N–H and O–H groups in total. The number of halogens is 4. The highest BCUT2D eigenvalue weighted by atomic mass is 19.4. The lowest BCUT2D eigenvalue weighted by molar-refractivity contribution is -0.282. The summed E-state index contributed by atoms with van der Waals surface area (Å²) in [5.74, 6) is -1.79. The van der Waals surface area contributed by atoms with E-state index in [0.717, 1.165) is 31.3 Å². The molecule has 0 aliphatic carbocycles. The highest BCUT2D eigenvalue weighted by Crippen LogP contribution is 2.44. The lowest BCUT2D eigenvalue weighted by Crippen LogP contribution is -2.66. The van der Waals surface area contributed by atoms with Gasteiger partial charge in [0.2, 0.25) is 0 Å². The van der Waals surface area contributed by atoms with Gasteiger partial charge >= 0.3 is 12.2 Å². The molecule has 5 nitrogen and oxygen atoms in total. The maximum absolute atomic E-state index is 13.9. The van der Waals surface area contributed by atoms with E-state index in [4.69, 9.17) is 0 Å². The Kier molecular flexibility index (Phi) is 4.72. The van der Waals surface area contributed by atoms with Gasteiger partial charge in [0.05, 0.1) is 11.3 Å². The molecule has 1 aliphatic rings. The van der Waals surface area contributed by atoms with Crippen molar-refractivity contribution < 1.29 is 32.3 Å². The number of hydrogen-bond donors (Lipinski definition) is 2. The summed E-state index contributed by atoms with van der Waals surface area (Å²) in [6, 6.07) is 9.88. The first-order valence-corrected chi connectivity index (χ1v) is 8.01. The van der Waals surface area contributed by atoms with Crippen LogP contribution in [0.25, 0.3) is 5.70 Å². The summed E-state index contributed by atoms with van der Waals surface area (Å²) in [5.41, 5.74) is -5.70. The van der Waals surface area contributed by atoms with E-state index < -0.39 is 40.8 Å².